The predicted molar refractivity (Wildman–Crippen MR) is 143 cm³/mol. The Balaban J connectivity index is 1.26. The number of rotatable bonds is 6. The van der Waals surface area contributed by atoms with E-state index in [2.05, 4.69) is 61.0 Å². The molecule has 0 radical (unpaired) electrons. The van der Waals surface area contributed by atoms with Crippen molar-refractivity contribution in [3.63, 3.8) is 0 Å². The molecule has 0 aliphatic rings. The number of aryl methyl sites for hydroxylation is 1. The van der Waals surface area contributed by atoms with Gasteiger partial charge in [-0.1, -0.05) is 24.3 Å². The molecule has 8 heteroatoms. The SMILES string of the molecule is Cc1csc(-c2nnc(Nc3ccc(Oc4ncccc4-c4ccncn4)cc3)c3ccccc23)c1. The highest BCUT2D eigenvalue weighted by Gasteiger charge is 2.13. The van der Waals surface area contributed by atoms with Crippen LogP contribution in [0.25, 0.3) is 32.6 Å². The Hall–Kier alpha value is -4.69. The Labute approximate surface area is 211 Å². The molecule has 0 saturated carbocycles. The maximum Gasteiger partial charge on any atom is 0.228 e. The van der Waals surface area contributed by atoms with E-state index in [1.807, 2.05) is 54.6 Å². The van der Waals surface area contributed by atoms with Crippen LogP contribution in [0.2, 0.25) is 0 Å². The number of nitrogens with zero attached hydrogens (tertiary/aromatic N) is 5. The lowest BCUT2D eigenvalue weighted by Gasteiger charge is -2.12. The van der Waals surface area contributed by atoms with E-state index in [-0.39, 0.29) is 0 Å². The minimum absolute atomic E-state index is 0.480. The molecule has 0 aliphatic heterocycles. The van der Waals surface area contributed by atoms with Crippen molar-refractivity contribution in [3.05, 3.63) is 102 Å². The molecule has 2 aromatic carbocycles. The maximum atomic E-state index is 6.08. The number of fused-ring (bicyclic) bond motifs is 1. The zero-order valence-corrected chi connectivity index (χ0v) is 20.1. The zero-order valence-electron chi connectivity index (χ0n) is 19.3. The van der Waals surface area contributed by atoms with E-state index in [9.17, 15) is 0 Å². The van der Waals surface area contributed by atoms with Gasteiger partial charge in [0.05, 0.1) is 16.1 Å². The molecular weight excluding hydrogens is 468 g/mol. The quantitative estimate of drug-likeness (QED) is 0.269. The summed E-state index contributed by atoms with van der Waals surface area (Å²) in [4.78, 5) is 13.8. The number of thiophene rings is 1. The average molecular weight is 489 g/mol. The number of hydrogen-bond donors (Lipinski definition) is 1. The van der Waals surface area contributed by atoms with Crippen molar-refractivity contribution in [2.75, 3.05) is 5.32 Å². The second kappa shape index (κ2) is 9.52. The summed E-state index contributed by atoms with van der Waals surface area (Å²) >= 11 is 1.68. The summed E-state index contributed by atoms with van der Waals surface area (Å²) in [7, 11) is 0. The fourth-order valence-electron chi connectivity index (χ4n) is 3.91. The zero-order chi connectivity index (χ0) is 24.3. The van der Waals surface area contributed by atoms with Crippen LogP contribution < -0.4 is 10.1 Å². The third-order valence-corrected chi connectivity index (χ3v) is 6.67. The summed E-state index contributed by atoms with van der Waals surface area (Å²) in [6, 6.07) is 23.6. The Morgan fingerprint density at radius 3 is 2.47 bits per heavy atom. The van der Waals surface area contributed by atoms with Crippen LogP contribution in [0.1, 0.15) is 5.56 Å². The Morgan fingerprint density at radius 2 is 1.69 bits per heavy atom. The van der Waals surface area contributed by atoms with Gasteiger partial charge in [-0.05, 0) is 66.4 Å². The van der Waals surface area contributed by atoms with Crippen molar-refractivity contribution in [3.8, 4) is 33.5 Å². The van der Waals surface area contributed by atoms with E-state index in [1.165, 1.54) is 11.9 Å². The smallest absolute Gasteiger partial charge is 0.228 e. The van der Waals surface area contributed by atoms with Gasteiger partial charge in [-0.2, -0.15) is 0 Å². The second-order valence-corrected chi connectivity index (χ2v) is 9.04. The predicted octanol–water partition coefficient (Wildman–Crippen LogP) is 7.05. The fraction of sp³-hybridized carbons (Fsp3) is 0.0357. The molecule has 0 aliphatic carbocycles. The van der Waals surface area contributed by atoms with E-state index in [0.717, 1.165) is 38.3 Å². The van der Waals surface area contributed by atoms with Crippen molar-refractivity contribution in [1.29, 1.82) is 0 Å². The second-order valence-electron chi connectivity index (χ2n) is 8.13. The first-order chi connectivity index (χ1) is 17.7. The monoisotopic (exact) mass is 488 g/mol. The highest BCUT2D eigenvalue weighted by atomic mass is 32.1. The third kappa shape index (κ3) is 4.37. The summed E-state index contributed by atoms with van der Waals surface area (Å²) in [5, 5.41) is 16.7. The number of nitrogens with one attached hydrogen (secondary N) is 1. The molecule has 174 valence electrons. The molecule has 4 aromatic heterocycles. The minimum atomic E-state index is 0.480. The van der Waals surface area contributed by atoms with Gasteiger partial charge in [-0.25, -0.2) is 15.0 Å². The first-order valence-electron chi connectivity index (χ1n) is 11.3. The van der Waals surface area contributed by atoms with E-state index in [4.69, 9.17) is 4.74 Å². The molecule has 0 fully saturated rings. The Kier molecular flexibility index (Phi) is 5.77. The molecular formula is C28H20N6OS. The van der Waals surface area contributed by atoms with Crippen LogP contribution in [0.4, 0.5) is 11.5 Å². The number of anilines is 2. The molecule has 0 bridgehead atoms. The molecule has 1 N–H and O–H groups in total. The molecule has 36 heavy (non-hydrogen) atoms. The largest absolute Gasteiger partial charge is 0.438 e. The lowest BCUT2D eigenvalue weighted by Crippen LogP contribution is -1.99. The molecule has 0 spiro atoms. The summed E-state index contributed by atoms with van der Waals surface area (Å²) in [5.74, 6) is 1.84. The number of hydrogen-bond acceptors (Lipinski definition) is 8. The Morgan fingerprint density at radius 1 is 0.833 bits per heavy atom. The van der Waals surface area contributed by atoms with Gasteiger partial charge >= 0.3 is 0 Å². The van der Waals surface area contributed by atoms with Crippen LogP contribution in [0.3, 0.4) is 0 Å². The van der Waals surface area contributed by atoms with Crippen LogP contribution in [-0.2, 0) is 0 Å². The molecule has 0 unspecified atom stereocenters. The summed E-state index contributed by atoms with van der Waals surface area (Å²) in [5.41, 5.74) is 4.54. The number of aromatic nitrogens is 5. The summed E-state index contributed by atoms with van der Waals surface area (Å²) < 4.78 is 6.08. The lowest BCUT2D eigenvalue weighted by atomic mass is 10.1. The number of pyridine rings is 1. The van der Waals surface area contributed by atoms with Gasteiger partial charge in [0.1, 0.15) is 17.8 Å². The standard InChI is InChI=1S/C28H20N6OS/c1-18-15-25(36-16-18)26-21-5-2-3-6-22(21)27(34-33-26)32-19-8-10-20(11-9-19)35-28-23(7-4-13-30-28)24-12-14-29-17-31-24/h2-17H,1H3,(H,32,34). The average Bonchev–Trinajstić information content (AvgIpc) is 3.36. The highest BCUT2D eigenvalue weighted by molar-refractivity contribution is 7.13. The van der Waals surface area contributed by atoms with Crippen LogP contribution >= 0.6 is 11.3 Å². The normalized spacial score (nSPS) is 10.9. The Bertz CT molecular complexity index is 1650. The van der Waals surface area contributed by atoms with Crippen molar-refractivity contribution in [2.45, 2.75) is 6.92 Å². The van der Waals surface area contributed by atoms with E-state index in [0.29, 0.717) is 17.4 Å². The number of benzene rings is 2. The van der Waals surface area contributed by atoms with Crippen molar-refractivity contribution < 1.29 is 4.74 Å². The van der Waals surface area contributed by atoms with Gasteiger partial charge in [0.15, 0.2) is 5.82 Å². The highest BCUT2D eigenvalue weighted by Crippen LogP contribution is 2.35. The summed E-state index contributed by atoms with van der Waals surface area (Å²) in [6.07, 6.45) is 4.90. The van der Waals surface area contributed by atoms with Crippen LogP contribution in [0.15, 0.2) is 96.9 Å². The molecule has 4 heterocycles. The maximum absolute atomic E-state index is 6.08. The number of ether oxygens (including phenoxy) is 1. The molecule has 6 aromatic rings. The molecule has 7 nitrogen and oxygen atoms in total. The van der Waals surface area contributed by atoms with Gasteiger partial charge in [0, 0.05) is 28.9 Å². The van der Waals surface area contributed by atoms with Gasteiger partial charge in [0.2, 0.25) is 5.88 Å². The molecule has 0 atom stereocenters. The van der Waals surface area contributed by atoms with Crippen molar-refractivity contribution in [1.82, 2.24) is 25.1 Å². The van der Waals surface area contributed by atoms with Gasteiger partial charge in [0.25, 0.3) is 0 Å². The lowest BCUT2D eigenvalue weighted by molar-refractivity contribution is 0.465. The van der Waals surface area contributed by atoms with Crippen LogP contribution in [0.5, 0.6) is 11.6 Å². The summed E-state index contributed by atoms with van der Waals surface area (Å²) in [6.45, 7) is 2.09. The fourth-order valence-corrected chi connectivity index (χ4v) is 4.80. The first-order valence-corrected chi connectivity index (χ1v) is 12.2. The van der Waals surface area contributed by atoms with Crippen LogP contribution in [-0.4, -0.2) is 25.1 Å². The third-order valence-electron chi connectivity index (χ3n) is 5.61. The molecule has 0 amide bonds. The van der Waals surface area contributed by atoms with E-state index >= 15 is 0 Å². The molecule has 0 saturated heterocycles. The topological polar surface area (TPSA) is 85.7 Å². The van der Waals surface area contributed by atoms with Crippen molar-refractivity contribution >= 4 is 33.6 Å². The van der Waals surface area contributed by atoms with Gasteiger partial charge < -0.3 is 10.1 Å². The van der Waals surface area contributed by atoms with Gasteiger partial charge in [-0.3, -0.25) is 0 Å². The van der Waals surface area contributed by atoms with E-state index < -0.39 is 0 Å². The first kappa shape index (κ1) is 21.8. The van der Waals surface area contributed by atoms with E-state index in [1.54, 1.807) is 23.7 Å². The van der Waals surface area contributed by atoms with Crippen molar-refractivity contribution in [2.24, 2.45) is 0 Å². The minimum Gasteiger partial charge on any atom is -0.438 e. The van der Waals surface area contributed by atoms with Crippen LogP contribution in [0, 0.1) is 6.92 Å². The van der Waals surface area contributed by atoms with Gasteiger partial charge in [-0.15, -0.1) is 21.5 Å². The molecule has 6 rings (SSSR count).